The Hall–Kier alpha value is -3.34. The largest absolute Gasteiger partial charge is 0.486 e. The summed E-state index contributed by atoms with van der Waals surface area (Å²) >= 11 is 0. The molecule has 1 heterocycles. The molecule has 2 aromatic carbocycles. The number of amides is 2. The Morgan fingerprint density at radius 3 is 2.42 bits per heavy atom. The molecule has 9 nitrogen and oxygen atoms in total. The van der Waals surface area contributed by atoms with Gasteiger partial charge in [-0.05, 0) is 44.9 Å². The minimum atomic E-state index is -3.66. The maximum absolute atomic E-state index is 14.4. The molecule has 208 valence electrons. The number of halogens is 1. The maximum Gasteiger partial charge on any atom is 0.242 e. The molecule has 11 heteroatoms. The number of anilines is 1. The summed E-state index contributed by atoms with van der Waals surface area (Å²) < 4.78 is 51.9. The van der Waals surface area contributed by atoms with Gasteiger partial charge in [0.25, 0.3) is 0 Å². The average molecular weight is 550 g/mol. The van der Waals surface area contributed by atoms with Gasteiger partial charge in [-0.1, -0.05) is 25.1 Å². The van der Waals surface area contributed by atoms with Crippen LogP contribution in [0, 0.1) is 5.82 Å². The summed E-state index contributed by atoms with van der Waals surface area (Å²) in [5, 5.41) is 2.87. The van der Waals surface area contributed by atoms with Crippen molar-refractivity contribution in [2.45, 2.75) is 58.7 Å². The van der Waals surface area contributed by atoms with Gasteiger partial charge in [-0.2, -0.15) is 0 Å². The van der Waals surface area contributed by atoms with Crippen molar-refractivity contribution in [3.8, 4) is 11.5 Å². The number of benzene rings is 2. The van der Waals surface area contributed by atoms with Gasteiger partial charge in [0.1, 0.15) is 25.1 Å². The summed E-state index contributed by atoms with van der Waals surface area (Å²) in [5.41, 5.74) is 0.687. The molecule has 1 N–H and O–H groups in total. The summed E-state index contributed by atoms with van der Waals surface area (Å²) in [6, 6.07) is 10.1. The summed E-state index contributed by atoms with van der Waals surface area (Å²) in [4.78, 5) is 27.5. The molecule has 38 heavy (non-hydrogen) atoms. The van der Waals surface area contributed by atoms with Gasteiger partial charge in [-0.3, -0.25) is 13.9 Å². The van der Waals surface area contributed by atoms with Gasteiger partial charge in [0.2, 0.25) is 21.8 Å². The number of carbonyl (C=O) groups excluding carboxylic acids is 2. The highest BCUT2D eigenvalue weighted by Crippen LogP contribution is 2.34. The van der Waals surface area contributed by atoms with Crippen molar-refractivity contribution in [3.05, 3.63) is 53.8 Å². The molecule has 0 unspecified atom stereocenters. The van der Waals surface area contributed by atoms with Crippen LogP contribution in [-0.4, -0.2) is 63.2 Å². The van der Waals surface area contributed by atoms with E-state index in [1.165, 1.54) is 15.3 Å². The molecule has 2 aromatic rings. The number of carbonyl (C=O) groups is 2. The van der Waals surface area contributed by atoms with Crippen LogP contribution in [0.4, 0.5) is 10.1 Å². The van der Waals surface area contributed by atoms with Crippen LogP contribution in [-0.2, 0) is 26.2 Å². The second-order valence-corrected chi connectivity index (χ2v) is 11.3. The van der Waals surface area contributed by atoms with Crippen molar-refractivity contribution < 1.29 is 31.9 Å². The lowest BCUT2D eigenvalue weighted by atomic mass is 10.1. The Labute approximate surface area is 224 Å². The Morgan fingerprint density at radius 2 is 1.76 bits per heavy atom. The highest BCUT2D eigenvalue weighted by Gasteiger charge is 2.28. The summed E-state index contributed by atoms with van der Waals surface area (Å²) in [5.74, 6) is -0.191. The predicted molar refractivity (Wildman–Crippen MR) is 143 cm³/mol. The van der Waals surface area contributed by atoms with E-state index in [1.54, 1.807) is 43.3 Å². The number of fused-ring (bicyclic) bond motifs is 1. The van der Waals surface area contributed by atoms with E-state index in [1.807, 2.05) is 13.8 Å². The van der Waals surface area contributed by atoms with Gasteiger partial charge in [-0.15, -0.1) is 0 Å². The molecular formula is C27H36FN3O6S. The lowest BCUT2D eigenvalue weighted by Crippen LogP contribution is -2.49. The van der Waals surface area contributed by atoms with E-state index in [0.29, 0.717) is 30.4 Å². The van der Waals surface area contributed by atoms with Crippen molar-refractivity contribution in [2.75, 3.05) is 30.3 Å². The van der Waals surface area contributed by atoms with Crippen LogP contribution >= 0.6 is 0 Å². The van der Waals surface area contributed by atoms with Crippen molar-refractivity contribution in [2.24, 2.45) is 0 Å². The molecule has 1 aliphatic rings. The van der Waals surface area contributed by atoms with Gasteiger partial charge in [0, 0.05) is 37.2 Å². The first-order chi connectivity index (χ1) is 18.0. The fourth-order valence-electron chi connectivity index (χ4n) is 4.05. The summed E-state index contributed by atoms with van der Waals surface area (Å²) in [6.45, 7) is 6.14. The summed E-state index contributed by atoms with van der Waals surface area (Å²) in [6.07, 6.45) is 1.97. The molecule has 3 rings (SSSR count). The molecule has 1 aliphatic heterocycles. The molecule has 0 spiro atoms. The smallest absolute Gasteiger partial charge is 0.242 e. The number of hydrogen-bond acceptors (Lipinski definition) is 6. The third-order valence-electron chi connectivity index (χ3n) is 6.43. The van der Waals surface area contributed by atoms with E-state index < -0.39 is 21.9 Å². The van der Waals surface area contributed by atoms with Gasteiger partial charge in [0.15, 0.2) is 11.5 Å². The second kappa shape index (κ2) is 12.9. The number of hydrogen-bond donors (Lipinski definition) is 1. The lowest BCUT2D eigenvalue weighted by Gasteiger charge is -2.30. The molecular weight excluding hydrogens is 513 g/mol. The molecule has 2 amide bonds. The first-order valence-corrected chi connectivity index (χ1v) is 14.6. The standard InChI is InChI=1S/C27H36FN3O6S/c1-5-19(2)29-27(33)20(3)30(18-21-9-6-7-10-23(21)28)26(32)11-8-14-31(38(4,34)35)22-12-13-24-25(17-22)37-16-15-36-24/h6-7,9-10,12-13,17,19-20H,5,8,11,14-16,18H2,1-4H3,(H,29,33)/t19-,20+/m0/s1. The fourth-order valence-corrected chi connectivity index (χ4v) is 5.01. The van der Waals surface area contributed by atoms with Crippen LogP contribution in [0.2, 0.25) is 0 Å². The second-order valence-electron chi connectivity index (χ2n) is 9.37. The van der Waals surface area contributed by atoms with E-state index >= 15 is 0 Å². The van der Waals surface area contributed by atoms with E-state index in [4.69, 9.17) is 9.47 Å². The van der Waals surface area contributed by atoms with Gasteiger partial charge in [0.05, 0.1) is 11.9 Å². The Bertz CT molecular complexity index is 1240. The van der Waals surface area contributed by atoms with Crippen LogP contribution in [0.3, 0.4) is 0 Å². The van der Waals surface area contributed by atoms with Gasteiger partial charge >= 0.3 is 0 Å². The molecule has 0 bridgehead atoms. The van der Waals surface area contributed by atoms with Crippen LogP contribution in [0.5, 0.6) is 11.5 Å². The Morgan fingerprint density at radius 1 is 1.08 bits per heavy atom. The molecule has 0 saturated carbocycles. The molecule has 0 aliphatic carbocycles. The fraction of sp³-hybridized carbons (Fsp3) is 0.481. The van der Waals surface area contributed by atoms with Crippen molar-refractivity contribution in [3.63, 3.8) is 0 Å². The summed E-state index contributed by atoms with van der Waals surface area (Å²) in [7, 11) is -3.66. The Kier molecular flexibility index (Phi) is 9.96. The molecule has 0 radical (unpaired) electrons. The molecule has 2 atom stereocenters. The zero-order chi connectivity index (χ0) is 27.9. The predicted octanol–water partition coefficient (Wildman–Crippen LogP) is 3.48. The number of nitrogens with zero attached hydrogens (tertiary/aromatic N) is 2. The zero-order valence-corrected chi connectivity index (χ0v) is 23.1. The minimum Gasteiger partial charge on any atom is -0.486 e. The highest BCUT2D eigenvalue weighted by atomic mass is 32.2. The lowest BCUT2D eigenvalue weighted by molar-refractivity contribution is -0.141. The van der Waals surface area contributed by atoms with E-state index in [9.17, 15) is 22.4 Å². The Balaban J connectivity index is 1.75. The van der Waals surface area contributed by atoms with Crippen molar-refractivity contribution in [1.82, 2.24) is 10.2 Å². The van der Waals surface area contributed by atoms with Crippen LogP contribution in [0.15, 0.2) is 42.5 Å². The first-order valence-electron chi connectivity index (χ1n) is 12.7. The first kappa shape index (κ1) is 29.2. The van der Waals surface area contributed by atoms with Crippen molar-refractivity contribution >= 4 is 27.5 Å². The third-order valence-corrected chi connectivity index (χ3v) is 7.63. The number of rotatable bonds is 12. The quantitative estimate of drug-likeness (QED) is 0.435. The normalized spacial score (nSPS) is 14.3. The van der Waals surface area contributed by atoms with Crippen LogP contribution in [0.25, 0.3) is 0 Å². The van der Waals surface area contributed by atoms with Gasteiger partial charge < -0.3 is 19.7 Å². The molecule has 0 fully saturated rings. The van der Waals surface area contributed by atoms with Gasteiger partial charge in [-0.25, -0.2) is 12.8 Å². The highest BCUT2D eigenvalue weighted by molar-refractivity contribution is 7.92. The van der Waals surface area contributed by atoms with E-state index in [-0.39, 0.29) is 49.4 Å². The third kappa shape index (κ3) is 7.59. The maximum atomic E-state index is 14.4. The SMILES string of the molecule is CC[C@H](C)NC(=O)[C@@H](C)N(Cc1ccccc1F)C(=O)CCCN(c1ccc2c(c1)OCCO2)S(C)(=O)=O. The monoisotopic (exact) mass is 549 g/mol. The zero-order valence-electron chi connectivity index (χ0n) is 22.3. The minimum absolute atomic E-state index is 0.0329. The van der Waals surface area contributed by atoms with Crippen molar-refractivity contribution in [1.29, 1.82) is 0 Å². The number of ether oxygens (including phenoxy) is 2. The van der Waals surface area contributed by atoms with Crippen LogP contribution in [0.1, 0.15) is 45.6 Å². The molecule has 0 aromatic heterocycles. The average Bonchev–Trinajstić information content (AvgIpc) is 2.89. The topological polar surface area (TPSA) is 105 Å². The van der Waals surface area contributed by atoms with E-state index in [2.05, 4.69) is 5.32 Å². The molecule has 0 saturated heterocycles. The van der Waals surface area contributed by atoms with Crippen LogP contribution < -0.4 is 19.1 Å². The number of nitrogens with one attached hydrogen (secondary N) is 1. The number of sulfonamides is 1. The van der Waals surface area contributed by atoms with E-state index in [0.717, 1.165) is 12.7 Å².